The summed E-state index contributed by atoms with van der Waals surface area (Å²) in [4.78, 5) is 15.4. The summed E-state index contributed by atoms with van der Waals surface area (Å²) in [6, 6.07) is 4.02. The molecule has 0 aliphatic heterocycles. The predicted octanol–water partition coefficient (Wildman–Crippen LogP) is 3.27. The molecule has 1 saturated carbocycles. The quantitative estimate of drug-likeness (QED) is 0.798. The Kier molecular flexibility index (Phi) is 2.67. The number of nitrogens with zero attached hydrogens (tertiary/aromatic N) is 2. The lowest BCUT2D eigenvalue weighted by molar-refractivity contribution is 0.108. The Hall–Kier alpha value is -1.68. The van der Waals surface area contributed by atoms with Crippen molar-refractivity contribution in [2.45, 2.75) is 18.8 Å². The lowest BCUT2D eigenvalue weighted by Gasteiger charge is -2.04. The van der Waals surface area contributed by atoms with Gasteiger partial charge in [0.15, 0.2) is 0 Å². The molecular formula is C13H10ClFN2O. The van der Waals surface area contributed by atoms with Crippen molar-refractivity contribution in [1.82, 2.24) is 9.55 Å². The molecule has 18 heavy (non-hydrogen) atoms. The maximum absolute atomic E-state index is 13.4. The molecule has 92 valence electrons. The van der Waals surface area contributed by atoms with Crippen LogP contribution in [0.5, 0.6) is 0 Å². The van der Waals surface area contributed by atoms with Crippen molar-refractivity contribution in [1.29, 1.82) is 0 Å². The van der Waals surface area contributed by atoms with Crippen molar-refractivity contribution in [2.75, 3.05) is 0 Å². The average Bonchev–Trinajstić information content (AvgIpc) is 3.06. The van der Waals surface area contributed by atoms with Crippen molar-refractivity contribution in [3.8, 4) is 5.69 Å². The second-order valence-electron chi connectivity index (χ2n) is 4.45. The fourth-order valence-electron chi connectivity index (χ4n) is 1.91. The van der Waals surface area contributed by atoms with Crippen LogP contribution in [0.1, 0.15) is 34.8 Å². The van der Waals surface area contributed by atoms with Crippen LogP contribution >= 0.6 is 11.6 Å². The van der Waals surface area contributed by atoms with Crippen molar-refractivity contribution in [2.24, 2.45) is 0 Å². The zero-order valence-electron chi connectivity index (χ0n) is 9.44. The standard InChI is InChI=1S/C13H10ClFN2O/c14-13(18)9-3-10(15)5-11(4-9)17-6-12(16-7-17)8-1-2-8/h3-8H,1-2H2. The number of imidazole rings is 1. The third-order valence-corrected chi connectivity index (χ3v) is 3.22. The summed E-state index contributed by atoms with van der Waals surface area (Å²) in [5.41, 5.74) is 1.71. The Morgan fingerprint density at radius 3 is 2.83 bits per heavy atom. The fraction of sp³-hybridized carbons (Fsp3) is 0.231. The second kappa shape index (κ2) is 4.21. The second-order valence-corrected chi connectivity index (χ2v) is 4.80. The van der Waals surface area contributed by atoms with Crippen molar-refractivity contribution in [3.05, 3.63) is 47.8 Å². The third-order valence-electron chi connectivity index (χ3n) is 3.01. The molecule has 0 radical (unpaired) electrons. The van der Waals surface area contributed by atoms with Crippen LogP contribution in [0, 0.1) is 5.82 Å². The van der Waals surface area contributed by atoms with Gasteiger partial charge in [0.2, 0.25) is 0 Å². The average molecular weight is 265 g/mol. The summed E-state index contributed by atoms with van der Waals surface area (Å²) in [5, 5.41) is -0.668. The van der Waals surface area contributed by atoms with E-state index in [-0.39, 0.29) is 5.56 Å². The Morgan fingerprint density at radius 1 is 1.39 bits per heavy atom. The number of carbonyl (C=O) groups is 1. The molecule has 0 spiro atoms. The molecule has 0 unspecified atom stereocenters. The van der Waals surface area contributed by atoms with Crippen molar-refractivity contribution in [3.63, 3.8) is 0 Å². The Labute approximate surface area is 108 Å². The largest absolute Gasteiger partial charge is 0.306 e. The molecule has 0 saturated heterocycles. The molecule has 1 aliphatic rings. The van der Waals surface area contributed by atoms with Gasteiger partial charge in [-0.2, -0.15) is 0 Å². The van der Waals surface area contributed by atoms with Gasteiger partial charge in [0.25, 0.3) is 5.24 Å². The minimum absolute atomic E-state index is 0.147. The van der Waals surface area contributed by atoms with E-state index in [9.17, 15) is 9.18 Å². The van der Waals surface area contributed by atoms with Crippen LogP contribution < -0.4 is 0 Å². The van der Waals surface area contributed by atoms with E-state index in [1.54, 1.807) is 17.0 Å². The van der Waals surface area contributed by atoms with Crippen LogP contribution in [-0.4, -0.2) is 14.8 Å². The van der Waals surface area contributed by atoms with Gasteiger partial charge >= 0.3 is 0 Å². The topological polar surface area (TPSA) is 34.9 Å². The van der Waals surface area contributed by atoms with Crippen LogP contribution in [0.2, 0.25) is 0 Å². The first kappa shape index (κ1) is 11.4. The minimum atomic E-state index is -0.668. The number of hydrogen-bond acceptors (Lipinski definition) is 2. The van der Waals surface area contributed by atoms with E-state index < -0.39 is 11.1 Å². The van der Waals surface area contributed by atoms with Gasteiger partial charge in [0.1, 0.15) is 5.82 Å². The first-order valence-electron chi connectivity index (χ1n) is 5.68. The summed E-state index contributed by atoms with van der Waals surface area (Å²) in [6.07, 6.45) is 5.82. The van der Waals surface area contributed by atoms with Crippen molar-refractivity contribution >= 4 is 16.8 Å². The Bertz CT molecular complexity index is 619. The SMILES string of the molecule is O=C(Cl)c1cc(F)cc(-n2cnc(C3CC3)c2)c1. The summed E-state index contributed by atoms with van der Waals surface area (Å²) < 4.78 is 15.1. The first-order chi connectivity index (χ1) is 8.63. The fourth-order valence-corrected chi connectivity index (χ4v) is 2.01. The molecule has 1 fully saturated rings. The first-order valence-corrected chi connectivity index (χ1v) is 6.06. The molecule has 1 aromatic heterocycles. The maximum atomic E-state index is 13.4. The zero-order chi connectivity index (χ0) is 12.7. The number of carbonyl (C=O) groups excluding carboxylic acids is 1. The van der Waals surface area contributed by atoms with Crippen molar-refractivity contribution < 1.29 is 9.18 Å². The molecule has 0 bridgehead atoms. The maximum Gasteiger partial charge on any atom is 0.252 e. The molecule has 1 aliphatic carbocycles. The monoisotopic (exact) mass is 264 g/mol. The Balaban J connectivity index is 2.01. The molecule has 3 nitrogen and oxygen atoms in total. The van der Waals surface area contributed by atoms with Gasteiger partial charge in [-0.3, -0.25) is 4.79 Å². The van der Waals surface area contributed by atoms with Crippen LogP contribution in [0.25, 0.3) is 5.69 Å². The highest BCUT2D eigenvalue weighted by Crippen LogP contribution is 2.39. The lowest BCUT2D eigenvalue weighted by atomic mass is 10.2. The summed E-state index contributed by atoms with van der Waals surface area (Å²) >= 11 is 5.37. The Morgan fingerprint density at radius 2 is 2.17 bits per heavy atom. The predicted molar refractivity (Wildman–Crippen MR) is 65.7 cm³/mol. The highest BCUT2D eigenvalue weighted by Gasteiger charge is 2.25. The molecule has 1 aromatic carbocycles. The third kappa shape index (κ3) is 2.16. The highest BCUT2D eigenvalue weighted by molar-refractivity contribution is 6.67. The minimum Gasteiger partial charge on any atom is -0.306 e. The van der Waals surface area contributed by atoms with Crippen LogP contribution in [0.4, 0.5) is 4.39 Å². The summed E-state index contributed by atoms with van der Waals surface area (Å²) in [7, 11) is 0. The van der Waals surface area contributed by atoms with E-state index in [1.165, 1.54) is 6.07 Å². The number of aromatic nitrogens is 2. The number of halogens is 2. The van der Waals surface area contributed by atoms with Crippen LogP contribution in [0.3, 0.4) is 0 Å². The van der Waals surface area contributed by atoms with E-state index in [0.717, 1.165) is 24.6 Å². The number of hydrogen-bond donors (Lipinski definition) is 0. The molecule has 3 rings (SSSR count). The van der Waals surface area contributed by atoms with E-state index >= 15 is 0 Å². The smallest absolute Gasteiger partial charge is 0.252 e. The molecule has 0 N–H and O–H groups in total. The van der Waals surface area contributed by atoms with Crippen LogP contribution in [-0.2, 0) is 0 Å². The summed E-state index contributed by atoms with van der Waals surface area (Å²) in [5.74, 6) is 0.0483. The number of benzene rings is 1. The van der Waals surface area contributed by atoms with Gasteiger partial charge in [-0.05, 0) is 42.6 Å². The molecule has 1 heterocycles. The number of rotatable bonds is 3. The van der Waals surface area contributed by atoms with E-state index in [1.807, 2.05) is 6.20 Å². The zero-order valence-corrected chi connectivity index (χ0v) is 10.2. The molecular weight excluding hydrogens is 255 g/mol. The van der Waals surface area contributed by atoms with Gasteiger partial charge in [-0.25, -0.2) is 9.37 Å². The van der Waals surface area contributed by atoms with E-state index in [4.69, 9.17) is 11.6 Å². The summed E-state index contributed by atoms with van der Waals surface area (Å²) in [6.45, 7) is 0. The normalized spacial score (nSPS) is 14.8. The van der Waals surface area contributed by atoms with Crippen LogP contribution in [0.15, 0.2) is 30.7 Å². The van der Waals surface area contributed by atoms with Gasteiger partial charge in [0, 0.05) is 17.7 Å². The van der Waals surface area contributed by atoms with E-state index in [0.29, 0.717) is 11.6 Å². The van der Waals surface area contributed by atoms with Gasteiger partial charge in [-0.15, -0.1) is 0 Å². The van der Waals surface area contributed by atoms with Gasteiger partial charge in [-0.1, -0.05) is 0 Å². The molecule has 0 atom stereocenters. The molecule has 0 amide bonds. The molecule has 2 aromatic rings. The lowest BCUT2D eigenvalue weighted by Crippen LogP contribution is -1.96. The van der Waals surface area contributed by atoms with Gasteiger partial charge < -0.3 is 4.57 Å². The van der Waals surface area contributed by atoms with Gasteiger partial charge in [0.05, 0.1) is 17.7 Å². The highest BCUT2D eigenvalue weighted by atomic mass is 35.5. The molecule has 5 heteroatoms. The van der Waals surface area contributed by atoms with E-state index in [2.05, 4.69) is 4.98 Å².